The van der Waals surface area contributed by atoms with Crippen molar-refractivity contribution >= 4 is 0 Å². The van der Waals surface area contributed by atoms with Crippen LogP contribution < -0.4 is 18.9 Å². The van der Waals surface area contributed by atoms with Crippen molar-refractivity contribution in [2.75, 3.05) is 0 Å². The molecule has 0 spiro atoms. The third kappa shape index (κ3) is 21.9. The standard InChI is InChI=1S/C18H23NO.C17H22N2O.C17H21NO.C16H20N2O.2H2O/c1-13-11-15(18(3,4)5)9-10-17(13)20-12-16-8-6-7-14(2)19-16;1-12-8-14(17(3,4)5)6-7-16(12)20-11-15-10-18-9-13(2)19-15;1-13-11-14(17(2,3)4)8-9-16(13)19-12-15-7-5-6-10-18-15;1-12-9-13(16(2,3)4)5-6-15(12)19-11-14-10-17-7-8-18-14;;/h6-11H,12H2,1-5H3;6-10H,11H2,1-5H3;5-11H,12H2,1-4H3;5-10H,11H2,1-4H3;2*1H2. The average Bonchev–Trinajstić information content (AvgIpc) is 3.37. The first-order valence-electron chi connectivity index (χ1n) is 27.0. The summed E-state index contributed by atoms with van der Waals surface area (Å²) in [4.78, 5) is 25.4. The highest BCUT2D eigenvalue weighted by Crippen LogP contribution is 2.31. The number of ether oxygens (including phenoxy) is 4. The van der Waals surface area contributed by atoms with Gasteiger partial charge in [0, 0.05) is 30.5 Å². The average molecular weight is 1090 g/mol. The van der Waals surface area contributed by atoms with Gasteiger partial charge in [-0.1, -0.05) is 144 Å². The van der Waals surface area contributed by atoms with Crippen LogP contribution in [0.4, 0.5) is 0 Å². The molecule has 0 radical (unpaired) electrons. The molecule has 0 bridgehead atoms. The third-order valence-electron chi connectivity index (χ3n) is 12.8. The smallest absolute Gasteiger partial charge is 0.132 e. The summed E-state index contributed by atoms with van der Waals surface area (Å²) in [5, 5.41) is 0. The fourth-order valence-electron chi connectivity index (χ4n) is 7.87. The maximum atomic E-state index is 5.88. The molecule has 8 rings (SSSR count). The summed E-state index contributed by atoms with van der Waals surface area (Å²) in [5.74, 6) is 3.67. The molecule has 0 saturated carbocycles. The predicted octanol–water partition coefficient (Wildman–Crippen LogP) is 14.8. The lowest BCUT2D eigenvalue weighted by Crippen LogP contribution is -2.11. The van der Waals surface area contributed by atoms with Crippen molar-refractivity contribution < 1.29 is 29.9 Å². The summed E-state index contributed by atoms with van der Waals surface area (Å²) in [6.07, 6.45) is 10.3. The summed E-state index contributed by atoms with van der Waals surface area (Å²) >= 11 is 0. The summed E-state index contributed by atoms with van der Waals surface area (Å²) < 4.78 is 23.3. The molecule has 80 heavy (non-hydrogen) atoms. The molecule has 0 fully saturated rings. The second kappa shape index (κ2) is 30.2. The largest absolute Gasteiger partial charge is 0.487 e. The molecule has 0 aliphatic carbocycles. The van der Waals surface area contributed by atoms with Gasteiger partial charge in [-0.2, -0.15) is 0 Å². The van der Waals surface area contributed by atoms with E-state index >= 15 is 0 Å². The molecule has 4 aromatic carbocycles. The number of benzene rings is 4. The highest BCUT2D eigenvalue weighted by Gasteiger charge is 2.18. The first-order valence-corrected chi connectivity index (χ1v) is 27.0. The minimum absolute atomic E-state index is 0. The van der Waals surface area contributed by atoms with Gasteiger partial charge in [0.05, 0.1) is 40.9 Å². The fourth-order valence-corrected chi connectivity index (χ4v) is 7.87. The number of hydrogen-bond donors (Lipinski definition) is 0. The SMILES string of the molecule is Cc1cc(C(C)(C)C)ccc1OCc1ccccn1.Cc1cc(C(C)(C)C)ccc1OCc1cnccn1.Cc1cccc(COc2ccc(C(C)(C)C)cc2C)n1.Cc1cncc(COc2ccc(C(C)(C)C)cc2C)n1.O.O. The first kappa shape index (κ1) is 66.7. The highest BCUT2D eigenvalue weighted by molar-refractivity contribution is 5.42. The zero-order chi connectivity index (χ0) is 57.3. The minimum atomic E-state index is 0. The van der Waals surface area contributed by atoms with E-state index in [1.54, 1.807) is 37.2 Å². The highest BCUT2D eigenvalue weighted by atomic mass is 16.5. The predicted molar refractivity (Wildman–Crippen MR) is 326 cm³/mol. The van der Waals surface area contributed by atoms with E-state index in [-0.39, 0.29) is 32.6 Å². The summed E-state index contributed by atoms with van der Waals surface area (Å²) in [6, 6.07) is 37.4. The quantitative estimate of drug-likeness (QED) is 0.114. The molecule has 12 heteroatoms. The van der Waals surface area contributed by atoms with Crippen LogP contribution in [0, 0.1) is 41.5 Å². The van der Waals surface area contributed by atoms with E-state index in [0.29, 0.717) is 26.4 Å². The molecule has 0 atom stereocenters. The molecule has 0 aliphatic rings. The normalized spacial score (nSPS) is 11.1. The van der Waals surface area contributed by atoms with Gasteiger partial charge in [-0.15, -0.1) is 0 Å². The Bertz CT molecular complexity index is 2930. The number of pyridine rings is 2. The van der Waals surface area contributed by atoms with E-state index < -0.39 is 0 Å². The van der Waals surface area contributed by atoms with Gasteiger partial charge in [0.1, 0.15) is 49.4 Å². The second-order valence-electron chi connectivity index (χ2n) is 24.0. The molecule has 0 aliphatic heterocycles. The molecule has 428 valence electrons. The Kier molecular flexibility index (Phi) is 25.2. The van der Waals surface area contributed by atoms with Crippen molar-refractivity contribution in [1.82, 2.24) is 29.9 Å². The molecule has 0 saturated heterocycles. The Morgan fingerprint density at radius 2 is 0.688 bits per heavy atom. The van der Waals surface area contributed by atoms with Gasteiger partial charge in [-0.3, -0.25) is 29.9 Å². The number of rotatable bonds is 12. The Balaban J connectivity index is 0.000000278. The second-order valence-corrected chi connectivity index (χ2v) is 24.0. The van der Waals surface area contributed by atoms with Crippen molar-refractivity contribution in [2.24, 2.45) is 0 Å². The van der Waals surface area contributed by atoms with E-state index in [4.69, 9.17) is 18.9 Å². The van der Waals surface area contributed by atoms with Gasteiger partial charge in [0.25, 0.3) is 0 Å². The van der Waals surface area contributed by atoms with Crippen LogP contribution in [0.1, 0.15) is 162 Å². The van der Waals surface area contributed by atoms with E-state index in [2.05, 4.69) is 201 Å². The zero-order valence-corrected chi connectivity index (χ0v) is 51.0. The zero-order valence-electron chi connectivity index (χ0n) is 51.0. The monoisotopic (exact) mass is 1090 g/mol. The molecule has 4 heterocycles. The Morgan fingerprint density at radius 3 is 1.04 bits per heavy atom. The van der Waals surface area contributed by atoms with Crippen molar-refractivity contribution in [3.05, 3.63) is 225 Å². The van der Waals surface area contributed by atoms with Crippen LogP contribution >= 0.6 is 0 Å². The number of nitrogens with zero attached hydrogens (tertiary/aromatic N) is 6. The van der Waals surface area contributed by atoms with Crippen LogP contribution in [0.15, 0.2) is 146 Å². The van der Waals surface area contributed by atoms with E-state index in [0.717, 1.165) is 68.3 Å². The van der Waals surface area contributed by atoms with Gasteiger partial charge >= 0.3 is 0 Å². The topological polar surface area (TPSA) is 177 Å². The van der Waals surface area contributed by atoms with Gasteiger partial charge < -0.3 is 29.9 Å². The number of hydrogen-bond acceptors (Lipinski definition) is 10. The molecule has 4 N–H and O–H groups in total. The van der Waals surface area contributed by atoms with E-state index in [1.165, 1.54) is 33.4 Å². The lowest BCUT2D eigenvalue weighted by atomic mass is 9.86. The van der Waals surface area contributed by atoms with E-state index in [1.807, 2.05) is 62.4 Å². The summed E-state index contributed by atoms with van der Waals surface area (Å²) in [7, 11) is 0. The number of aromatic nitrogens is 6. The maximum Gasteiger partial charge on any atom is 0.132 e. The van der Waals surface area contributed by atoms with Crippen LogP contribution in [0.5, 0.6) is 23.0 Å². The van der Waals surface area contributed by atoms with Crippen LogP contribution in [-0.2, 0) is 48.1 Å². The molecule has 4 aromatic heterocycles. The van der Waals surface area contributed by atoms with Gasteiger partial charge in [0.15, 0.2) is 0 Å². The van der Waals surface area contributed by atoms with Gasteiger partial charge in [-0.25, -0.2) is 0 Å². The van der Waals surface area contributed by atoms with Gasteiger partial charge in [-0.05, 0) is 156 Å². The van der Waals surface area contributed by atoms with Crippen molar-refractivity contribution in [1.29, 1.82) is 0 Å². The fraction of sp³-hybridized carbons (Fsp3) is 0.382. The Morgan fingerprint density at radius 1 is 0.325 bits per heavy atom. The molecule has 12 nitrogen and oxygen atoms in total. The molecule has 0 unspecified atom stereocenters. The Labute approximate surface area is 478 Å². The summed E-state index contributed by atoms with van der Waals surface area (Å²) in [6.45, 7) is 40.8. The minimum Gasteiger partial charge on any atom is -0.487 e. The van der Waals surface area contributed by atoms with Crippen molar-refractivity contribution in [3.8, 4) is 23.0 Å². The van der Waals surface area contributed by atoms with Gasteiger partial charge in [0.2, 0.25) is 0 Å². The maximum absolute atomic E-state index is 5.88. The van der Waals surface area contributed by atoms with Crippen LogP contribution in [-0.4, -0.2) is 40.9 Å². The lowest BCUT2D eigenvalue weighted by Gasteiger charge is -2.20. The first-order chi connectivity index (χ1) is 36.6. The lowest BCUT2D eigenvalue weighted by molar-refractivity contribution is 0.298. The van der Waals surface area contributed by atoms with Crippen molar-refractivity contribution in [2.45, 2.75) is 173 Å². The van der Waals surface area contributed by atoms with Crippen LogP contribution in [0.3, 0.4) is 0 Å². The molecule has 0 amide bonds. The van der Waals surface area contributed by atoms with Crippen LogP contribution in [0.2, 0.25) is 0 Å². The number of aryl methyl sites for hydroxylation is 6. The molecular weight excluding hydrogens is 997 g/mol. The molecular formula is C68H90N6O6. The Hall–Kier alpha value is -7.54. The molecule has 8 aromatic rings. The van der Waals surface area contributed by atoms with E-state index in [9.17, 15) is 0 Å². The third-order valence-corrected chi connectivity index (χ3v) is 12.8. The summed E-state index contributed by atoms with van der Waals surface area (Å²) in [5.41, 5.74) is 16.1. The van der Waals surface area contributed by atoms with Crippen molar-refractivity contribution in [3.63, 3.8) is 0 Å². The van der Waals surface area contributed by atoms with Crippen LogP contribution in [0.25, 0.3) is 0 Å².